The third kappa shape index (κ3) is 7.02. The monoisotopic (exact) mass is 778 g/mol. The van der Waals surface area contributed by atoms with Gasteiger partial charge in [-0.2, -0.15) is 0 Å². The van der Waals surface area contributed by atoms with E-state index in [1.807, 2.05) is 32.2 Å². The quantitative estimate of drug-likeness (QED) is 0.300. The number of benzene rings is 2. The maximum absolute atomic E-state index is 14.1. The number of piperazine rings is 1. The summed E-state index contributed by atoms with van der Waals surface area (Å²) in [4.78, 5) is 21.5. The first-order valence-corrected chi connectivity index (χ1v) is 22.3. The van der Waals surface area contributed by atoms with Gasteiger partial charge in [-0.25, -0.2) is 4.21 Å². The fourth-order valence-electron chi connectivity index (χ4n) is 10.3. The van der Waals surface area contributed by atoms with Crippen molar-refractivity contribution in [1.29, 1.82) is 0 Å². The van der Waals surface area contributed by atoms with Crippen LogP contribution in [0.3, 0.4) is 0 Å². The second-order valence-electron chi connectivity index (χ2n) is 17.6. The SMILES string of the molecule is C=S1(=O)NC(=O)c2ccc3c(c2)N(C[C@@H]2CC[C@H]2[C@@](CN2CCN(C4(C)COC4)CC2)(OC)/C=C/C[C@H](C)[C@H]1C)C[C@@]1(CCCc2cc(Cl)ccc21)CO3. The fourth-order valence-corrected chi connectivity index (χ4v) is 12.0. The molecule has 3 fully saturated rings. The number of carbonyl (C=O) groups is 1. The van der Waals surface area contributed by atoms with Gasteiger partial charge in [-0.3, -0.25) is 19.3 Å². The van der Waals surface area contributed by atoms with E-state index in [1.54, 1.807) is 6.07 Å². The minimum absolute atomic E-state index is 0.0283. The molecule has 1 saturated carbocycles. The highest BCUT2D eigenvalue weighted by molar-refractivity contribution is 7.99. The highest BCUT2D eigenvalue weighted by Crippen LogP contribution is 2.49. The zero-order valence-electron chi connectivity index (χ0n) is 32.6. The molecule has 2 aliphatic carbocycles. The number of nitrogens with one attached hydrogen (secondary N) is 1. The van der Waals surface area contributed by atoms with E-state index in [0.29, 0.717) is 30.4 Å². The molecule has 1 unspecified atom stereocenters. The summed E-state index contributed by atoms with van der Waals surface area (Å²) in [6.07, 6.45) is 10.6. The molecular weight excluding hydrogens is 720 g/mol. The number of carbonyl (C=O) groups excluding carboxylic acids is 1. The van der Waals surface area contributed by atoms with Crippen LogP contribution in [0.5, 0.6) is 5.75 Å². The van der Waals surface area contributed by atoms with Gasteiger partial charge in [0.1, 0.15) is 11.4 Å². The highest BCUT2D eigenvalue weighted by Gasteiger charge is 2.50. The smallest absolute Gasteiger partial charge is 0.262 e. The molecule has 8 rings (SSSR count). The molecule has 2 aromatic rings. The largest absolute Gasteiger partial charge is 0.490 e. The predicted molar refractivity (Wildman–Crippen MR) is 219 cm³/mol. The summed E-state index contributed by atoms with van der Waals surface area (Å²) >= 11 is 6.53. The number of ether oxygens (including phenoxy) is 3. The second-order valence-corrected chi connectivity index (χ2v) is 20.5. The number of hydrogen-bond acceptors (Lipinski definition) is 8. The predicted octanol–water partition coefficient (Wildman–Crippen LogP) is 5.98. The summed E-state index contributed by atoms with van der Waals surface area (Å²) in [6, 6.07) is 12.0. The van der Waals surface area contributed by atoms with Crippen molar-refractivity contribution in [3.63, 3.8) is 0 Å². The number of hydrogen-bond donors (Lipinski definition) is 1. The third-order valence-corrected chi connectivity index (χ3v) is 16.6. The zero-order valence-corrected chi connectivity index (χ0v) is 34.2. The van der Waals surface area contributed by atoms with Crippen LogP contribution in [0.25, 0.3) is 0 Å². The molecule has 9 nitrogen and oxygen atoms in total. The molecule has 7 atom stereocenters. The Bertz CT molecular complexity index is 1880. The Morgan fingerprint density at radius 2 is 1.87 bits per heavy atom. The van der Waals surface area contributed by atoms with Gasteiger partial charge < -0.3 is 19.1 Å². The van der Waals surface area contributed by atoms with E-state index in [1.165, 1.54) is 11.1 Å². The van der Waals surface area contributed by atoms with Crippen LogP contribution in [0.4, 0.5) is 5.69 Å². The maximum Gasteiger partial charge on any atom is 0.262 e. The van der Waals surface area contributed by atoms with Gasteiger partial charge in [0.15, 0.2) is 0 Å². The lowest BCUT2D eigenvalue weighted by molar-refractivity contribution is -0.146. The van der Waals surface area contributed by atoms with E-state index in [-0.39, 0.29) is 28.0 Å². The maximum atomic E-state index is 14.1. The standard InChI is InChI=1S/C43H59ClN4O5S/c1-30-8-6-17-43(51-4,26-46-18-20-48(21-19-46)41(3)27-52-28-41)37-13-10-34(37)24-47-25-42(16-7-9-32-22-35(44)12-14-36(32)42)29-53-39-15-11-33(23-38(39)47)40(49)45-54(5,50)31(30)2/h6,11-12,14-15,17,22-23,30-31,34,37H,5,7-10,13,16,18-21,24-29H2,1-4H3,(H,45,49,50)/b17-6+/t30-,31+,34-,37+,42-,43+,54?/m0/s1. The van der Waals surface area contributed by atoms with Crippen molar-refractivity contribution in [2.45, 2.75) is 81.1 Å². The molecule has 11 heteroatoms. The Labute approximate surface area is 327 Å². The molecule has 1 spiro atoms. The average molecular weight is 779 g/mol. The minimum atomic E-state index is -2.96. The zero-order chi connectivity index (χ0) is 37.9. The van der Waals surface area contributed by atoms with Gasteiger partial charge >= 0.3 is 0 Å². The first-order valence-electron chi connectivity index (χ1n) is 20.1. The molecule has 294 valence electrons. The molecule has 0 radical (unpaired) electrons. The first-order chi connectivity index (χ1) is 25.8. The molecule has 2 aromatic carbocycles. The van der Waals surface area contributed by atoms with Crippen molar-refractivity contribution in [2.24, 2.45) is 17.8 Å². The molecule has 1 amide bonds. The van der Waals surface area contributed by atoms with Crippen molar-refractivity contribution >= 4 is 38.8 Å². The van der Waals surface area contributed by atoms with Crippen LogP contribution < -0.4 is 14.4 Å². The Morgan fingerprint density at radius 3 is 2.57 bits per heavy atom. The Balaban J connectivity index is 1.16. The Kier molecular flexibility index (Phi) is 10.4. The number of fused-ring (bicyclic) bond motifs is 4. The van der Waals surface area contributed by atoms with Gasteiger partial charge in [-0.05, 0) is 117 Å². The van der Waals surface area contributed by atoms with Gasteiger partial charge in [-0.1, -0.05) is 36.7 Å². The molecular formula is C43H59ClN4O5S. The molecule has 4 aliphatic heterocycles. The summed E-state index contributed by atoms with van der Waals surface area (Å²) < 4.78 is 36.1. The van der Waals surface area contributed by atoms with E-state index < -0.39 is 15.3 Å². The van der Waals surface area contributed by atoms with Gasteiger partial charge in [0, 0.05) is 74.2 Å². The lowest BCUT2D eigenvalue weighted by Gasteiger charge is -2.54. The lowest BCUT2D eigenvalue weighted by Crippen LogP contribution is -2.66. The number of allylic oxidation sites excluding steroid dienone is 1. The highest BCUT2D eigenvalue weighted by atomic mass is 35.5. The summed E-state index contributed by atoms with van der Waals surface area (Å²) in [5, 5.41) is 0.432. The molecule has 1 N–H and O–H groups in total. The van der Waals surface area contributed by atoms with Crippen LogP contribution in [0.1, 0.15) is 74.4 Å². The van der Waals surface area contributed by atoms with Gasteiger partial charge in [-0.15, -0.1) is 0 Å². The lowest BCUT2D eigenvalue weighted by atomic mass is 9.63. The topological polar surface area (TPSA) is 83.6 Å². The molecule has 6 aliphatic rings. The van der Waals surface area contributed by atoms with Crippen molar-refractivity contribution in [3.8, 4) is 5.75 Å². The van der Waals surface area contributed by atoms with Crippen molar-refractivity contribution < 1.29 is 23.2 Å². The van der Waals surface area contributed by atoms with Gasteiger partial charge in [0.25, 0.3) is 5.91 Å². The number of methoxy groups -OCH3 is 1. The van der Waals surface area contributed by atoms with E-state index in [2.05, 4.69) is 63.4 Å². The van der Waals surface area contributed by atoms with E-state index in [9.17, 15) is 9.00 Å². The molecule has 4 heterocycles. The summed E-state index contributed by atoms with van der Waals surface area (Å²) in [5.41, 5.74) is 3.45. The normalized spacial score (nSPS) is 36.4. The van der Waals surface area contributed by atoms with Crippen LogP contribution in [-0.2, 0) is 31.0 Å². The number of anilines is 1. The first kappa shape index (κ1) is 38.3. The van der Waals surface area contributed by atoms with E-state index in [4.69, 9.17) is 25.8 Å². The summed E-state index contributed by atoms with van der Waals surface area (Å²) in [5.74, 6) is 5.20. The summed E-state index contributed by atoms with van der Waals surface area (Å²) in [6.45, 7) is 15.0. The summed E-state index contributed by atoms with van der Waals surface area (Å²) in [7, 11) is -1.06. The molecule has 0 aromatic heterocycles. The number of aryl methyl sites for hydroxylation is 1. The number of amides is 1. The van der Waals surface area contributed by atoms with Crippen molar-refractivity contribution in [2.75, 3.05) is 77.6 Å². The molecule has 2 bridgehead atoms. The third-order valence-electron chi connectivity index (χ3n) is 14.2. The molecule has 54 heavy (non-hydrogen) atoms. The van der Waals surface area contributed by atoms with E-state index >= 15 is 0 Å². The van der Waals surface area contributed by atoms with Crippen molar-refractivity contribution in [3.05, 3.63) is 70.3 Å². The average Bonchev–Trinajstić information content (AvgIpc) is 3.28. The van der Waals surface area contributed by atoms with Crippen LogP contribution in [0, 0.1) is 17.8 Å². The second kappa shape index (κ2) is 14.7. The van der Waals surface area contributed by atoms with Crippen LogP contribution >= 0.6 is 11.6 Å². The van der Waals surface area contributed by atoms with Gasteiger partial charge in [0.2, 0.25) is 0 Å². The Morgan fingerprint density at radius 1 is 1.07 bits per heavy atom. The van der Waals surface area contributed by atoms with Crippen LogP contribution in [0.15, 0.2) is 48.6 Å². The van der Waals surface area contributed by atoms with Gasteiger partial charge in [0.05, 0.1) is 40.8 Å². The number of halogens is 1. The molecule has 2 saturated heterocycles. The minimum Gasteiger partial charge on any atom is -0.490 e. The number of nitrogens with zero attached hydrogens (tertiary/aromatic N) is 3. The Hall–Kier alpha value is -2.60. The van der Waals surface area contributed by atoms with Crippen LogP contribution in [0.2, 0.25) is 5.02 Å². The number of rotatable bonds is 4. The van der Waals surface area contributed by atoms with Crippen molar-refractivity contribution in [1.82, 2.24) is 14.5 Å². The van der Waals surface area contributed by atoms with E-state index in [0.717, 1.165) is 108 Å². The van der Waals surface area contributed by atoms with Crippen LogP contribution in [-0.4, -0.2) is 115 Å². The fraction of sp³-hybridized carbons (Fsp3) is 0.628.